The second kappa shape index (κ2) is 28.1. The number of benzene rings is 20. The maximum Gasteiger partial charge on any atom is 0.161 e. The number of para-hydroxylation sites is 2. The number of hydrogen-bond donors (Lipinski definition) is 0. The highest BCUT2D eigenvalue weighted by atomic mass is 15.0. The fourth-order valence-corrected chi connectivity index (χ4v) is 18.5. The first kappa shape index (κ1) is 67.9. The summed E-state index contributed by atoms with van der Waals surface area (Å²) < 4.78 is 4.92. The Morgan fingerprint density at radius 1 is 0.161 bits per heavy atom. The number of aromatic nitrogens is 6. The van der Waals surface area contributed by atoms with E-state index < -0.39 is 0 Å². The lowest BCUT2D eigenvalue weighted by molar-refractivity contribution is 1.20. The molecule has 0 aliphatic heterocycles. The van der Waals surface area contributed by atoms with Crippen LogP contribution in [0, 0.1) is 0 Å². The number of nitrogens with zero attached hydrogens (tertiary/aromatic N) is 6. The van der Waals surface area contributed by atoms with Crippen molar-refractivity contribution in [3.63, 3.8) is 0 Å². The van der Waals surface area contributed by atoms with Gasteiger partial charge in [0.2, 0.25) is 0 Å². The van der Waals surface area contributed by atoms with Crippen LogP contribution in [0.5, 0.6) is 0 Å². The van der Waals surface area contributed by atoms with Crippen LogP contribution in [-0.2, 0) is 0 Å². The van der Waals surface area contributed by atoms with Crippen molar-refractivity contribution in [2.24, 2.45) is 0 Å². The average Bonchev–Trinajstić information content (AvgIpc) is 1.55. The molecular weight excluding hydrogens is 1430 g/mol. The van der Waals surface area contributed by atoms with Gasteiger partial charge in [0.15, 0.2) is 11.6 Å². The van der Waals surface area contributed by atoms with E-state index in [0.29, 0.717) is 11.6 Å². The van der Waals surface area contributed by atoms with Gasteiger partial charge in [-0.2, -0.15) is 0 Å². The second-order valence-corrected chi connectivity index (χ2v) is 30.6. The zero-order valence-corrected chi connectivity index (χ0v) is 64.1. The van der Waals surface area contributed by atoms with E-state index in [-0.39, 0.29) is 0 Å². The molecule has 0 spiro atoms. The summed E-state index contributed by atoms with van der Waals surface area (Å²) in [5, 5.41) is 21.7. The minimum atomic E-state index is 0.709. The summed E-state index contributed by atoms with van der Waals surface area (Å²) in [6.07, 6.45) is 0. The summed E-state index contributed by atoms with van der Waals surface area (Å²) in [7, 11) is 0. The molecule has 0 N–H and O–H groups in total. The van der Waals surface area contributed by atoms with Gasteiger partial charge in [-0.15, -0.1) is 0 Å². The van der Waals surface area contributed by atoms with Gasteiger partial charge < -0.3 is 9.13 Å². The first-order chi connectivity index (χ1) is 58.5. The smallest absolute Gasteiger partial charge is 0.161 e. The molecule has 20 aromatic carbocycles. The quantitative estimate of drug-likeness (QED) is 0.137. The van der Waals surface area contributed by atoms with Crippen LogP contribution in [0.1, 0.15) is 0 Å². The maximum absolute atomic E-state index is 5.39. The summed E-state index contributed by atoms with van der Waals surface area (Å²) in [5.41, 5.74) is 24.3. The molecule has 0 saturated carbocycles. The molecule has 4 aromatic heterocycles. The van der Waals surface area contributed by atoms with Crippen molar-refractivity contribution in [1.29, 1.82) is 0 Å². The highest BCUT2D eigenvalue weighted by Crippen LogP contribution is 2.47. The third-order valence-electron chi connectivity index (χ3n) is 24.0. The molecule has 0 aliphatic carbocycles. The Balaban J connectivity index is 0.000000138. The number of rotatable bonds is 10. The molecule has 24 rings (SSSR count). The minimum Gasteiger partial charge on any atom is -0.309 e. The monoisotopic (exact) mass is 1500 g/mol. The highest BCUT2D eigenvalue weighted by Gasteiger charge is 2.24. The average molecular weight is 1500 g/mol. The van der Waals surface area contributed by atoms with Gasteiger partial charge in [-0.3, -0.25) is 0 Å². The first-order valence-corrected chi connectivity index (χ1v) is 40.3. The molecular formula is C112H70N6. The Labute approximate surface area is 680 Å². The molecule has 0 aliphatic rings. The van der Waals surface area contributed by atoms with Gasteiger partial charge >= 0.3 is 0 Å². The normalized spacial score (nSPS) is 11.7. The van der Waals surface area contributed by atoms with Crippen molar-refractivity contribution >= 4 is 130 Å². The molecule has 24 aromatic rings. The molecule has 118 heavy (non-hydrogen) atoms. The summed E-state index contributed by atoms with van der Waals surface area (Å²) in [5.74, 6) is 1.42. The highest BCUT2D eigenvalue weighted by molar-refractivity contribution is 6.30. The van der Waals surface area contributed by atoms with E-state index in [9.17, 15) is 0 Å². The van der Waals surface area contributed by atoms with E-state index in [2.05, 4.69) is 434 Å². The van der Waals surface area contributed by atoms with Crippen molar-refractivity contribution in [2.75, 3.05) is 0 Å². The molecule has 6 nitrogen and oxygen atoms in total. The van der Waals surface area contributed by atoms with Gasteiger partial charge in [0.1, 0.15) is 0 Å². The number of hydrogen-bond acceptors (Lipinski definition) is 4. The molecule has 0 unspecified atom stereocenters. The van der Waals surface area contributed by atoms with E-state index in [1.807, 2.05) is 0 Å². The van der Waals surface area contributed by atoms with Crippen molar-refractivity contribution in [1.82, 2.24) is 29.1 Å². The van der Waals surface area contributed by atoms with Crippen LogP contribution in [-0.4, -0.2) is 29.1 Å². The van der Waals surface area contributed by atoms with E-state index in [0.717, 1.165) is 93.9 Å². The molecule has 548 valence electrons. The fourth-order valence-electron chi connectivity index (χ4n) is 18.5. The lowest BCUT2D eigenvalue weighted by Gasteiger charge is -2.15. The molecule has 4 heterocycles. The molecule has 0 radical (unpaired) electrons. The minimum absolute atomic E-state index is 0.709. The van der Waals surface area contributed by atoms with Gasteiger partial charge in [-0.1, -0.05) is 370 Å². The first-order valence-electron chi connectivity index (χ1n) is 40.3. The topological polar surface area (TPSA) is 61.4 Å². The van der Waals surface area contributed by atoms with Crippen LogP contribution in [0.3, 0.4) is 0 Å². The maximum atomic E-state index is 5.39. The zero-order valence-electron chi connectivity index (χ0n) is 64.1. The van der Waals surface area contributed by atoms with E-state index in [1.165, 1.54) is 126 Å². The van der Waals surface area contributed by atoms with Crippen molar-refractivity contribution in [2.45, 2.75) is 0 Å². The number of fused-ring (bicyclic) bond motifs is 18. The standard InChI is InChI=1S/2C56H35N3/c1-2-13-36(14-3-1)41-17-10-18-42(35-41)37-27-29-40(30-28-37)55-48-21-8-9-25-49(48)57-56(58-55)47-24-11-23-46-45(47)22-12-26-50(46)59-51-33-31-38-15-4-6-19-43(38)53(51)54-44-20-7-5-16-39(44)32-34-52(54)59;1-2-12-36(13-3-1)37-24-26-38(27-25-37)39-28-30-42(31-29-39)55-48-18-8-9-22-49(48)57-56(58-55)47-21-10-20-46-45(47)19-11-23-50(46)59-51-34-32-40-14-4-6-16-43(40)53(51)54-44-17-7-5-15-41(44)33-35-52(54)59/h2*1-35H. The van der Waals surface area contributed by atoms with Gasteiger partial charge in [-0.05, 0) is 153 Å². The molecule has 0 bridgehead atoms. The van der Waals surface area contributed by atoms with Crippen LogP contribution >= 0.6 is 0 Å². The van der Waals surface area contributed by atoms with Crippen LogP contribution in [0.2, 0.25) is 0 Å². The van der Waals surface area contributed by atoms with Crippen LogP contribution in [0.15, 0.2) is 425 Å². The molecule has 0 amide bonds. The van der Waals surface area contributed by atoms with Crippen LogP contribution in [0.25, 0.3) is 231 Å². The Morgan fingerprint density at radius 2 is 0.424 bits per heavy atom. The Hall–Kier alpha value is -15.8. The van der Waals surface area contributed by atoms with Crippen molar-refractivity contribution in [3.8, 4) is 101 Å². The van der Waals surface area contributed by atoms with E-state index in [1.54, 1.807) is 0 Å². The van der Waals surface area contributed by atoms with Crippen LogP contribution < -0.4 is 0 Å². The van der Waals surface area contributed by atoms with E-state index in [4.69, 9.17) is 19.9 Å². The van der Waals surface area contributed by atoms with Gasteiger partial charge in [0.25, 0.3) is 0 Å². The Bertz CT molecular complexity index is 7960. The van der Waals surface area contributed by atoms with Gasteiger partial charge in [0.05, 0.1) is 55.9 Å². The largest absolute Gasteiger partial charge is 0.309 e. The van der Waals surface area contributed by atoms with Gasteiger partial charge in [0, 0.05) is 65.3 Å². The Kier molecular flexibility index (Phi) is 16.2. The summed E-state index contributed by atoms with van der Waals surface area (Å²) >= 11 is 0. The fraction of sp³-hybridized carbons (Fsp3) is 0. The SMILES string of the molecule is c1ccc(-c2ccc(-c3ccc(-c4nc(-c5cccc6c(-n7c8ccc9ccccc9c8c8c9ccccc9ccc87)cccc56)nc5ccccc45)cc3)cc2)cc1.c1ccc(-c2cccc(-c3ccc(-c4nc(-c5cccc6c(-n7c8ccc9ccccc9c8c8c9ccccc9ccc87)cccc56)nc5ccccc45)cc3)c2)cc1. The predicted octanol–water partition coefficient (Wildman–Crippen LogP) is 29.7. The summed E-state index contributed by atoms with van der Waals surface area (Å²) in [4.78, 5) is 21.2. The zero-order chi connectivity index (χ0) is 77.7. The van der Waals surface area contributed by atoms with Crippen molar-refractivity contribution in [3.05, 3.63) is 425 Å². The predicted molar refractivity (Wildman–Crippen MR) is 496 cm³/mol. The van der Waals surface area contributed by atoms with Crippen molar-refractivity contribution < 1.29 is 0 Å². The third-order valence-corrected chi connectivity index (χ3v) is 24.0. The summed E-state index contributed by atoms with van der Waals surface area (Å²) in [6.45, 7) is 0. The van der Waals surface area contributed by atoms with Crippen LogP contribution in [0.4, 0.5) is 0 Å². The molecule has 6 heteroatoms. The summed E-state index contributed by atoms with van der Waals surface area (Å²) in [6, 6.07) is 152. The molecule has 0 atom stereocenters. The van der Waals surface area contributed by atoms with Gasteiger partial charge in [-0.25, -0.2) is 19.9 Å². The third kappa shape index (κ3) is 11.4. The molecule has 0 fully saturated rings. The van der Waals surface area contributed by atoms with E-state index >= 15 is 0 Å². The Morgan fingerprint density at radius 3 is 0.797 bits per heavy atom. The lowest BCUT2D eigenvalue weighted by atomic mass is 9.97. The molecule has 0 saturated heterocycles. The lowest BCUT2D eigenvalue weighted by Crippen LogP contribution is -1.98. The second-order valence-electron chi connectivity index (χ2n) is 30.6.